The fraction of sp³-hybridized carbons (Fsp3) is 0.778. The van der Waals surface area contributed by atoms with Crippen molar-refractivity contribution in [2.45, 2.75) is 25.9 Å². The van der Waals surface area contributed by atoms with Crippen molar-refractivity contribution in [2.75, 3.05) is 0 Å². The Morgan fingerprint density at radius 2 is 2.30 bits per heavy atom. The number of hydrogen-bond acceptors (Lipinski definition) is 1. The minimum atomic E-state index is -0.0185. The molecule has 0 aromatic rings. The quantitative estimate of drug-likeness (QED) is 0.545. The van der Waals surface area contributed by atoms with Crippen LogP contribution in [0.4, 0.5) is 0 Å². The Hall–Kier alpha value is -0.300. The maximum atomic E-state index is 9.53. The van der Waals surface area contributed by atoms with Gasteiger partial charge in [0.15, 0.2) is 0 Å². The Labute approximate surface area is 61.8 Å². The van der Waals surface area contributed by atoms with E-state index in [1.165, 1.54) is 0 Å². The summed E-state index contributed by atoms with van der Waals surface area (Å²) in [7, 11) is 0. The summed E-state index contributed by atoms with van der Waals surface area (Å²) >= 11 is 0. The lowest BCUT2D eigenvalue weighted by molar-refractivity contribution is 0.122. The van der Waals surface area contributed by atoms with Crippen molar-refractivity contribution in [2.24, 2.45) is 17.8 Å². The zero-order valence-electron chi connectivity index (χ0n) is 6.33. The first-order valence-corrected chi connectivity index (χ1v) is 4.19. The third-order valence-corrected chi connectivity index (χ3v) is 3.05. The molecule has 0 bridgehead atoms. The molecule has 0 amide bonds. The van der Waals surface area contributed by atoms with E-state index < -0.39 is 0 Å². The van der Waals surface area contributed by atoms with Gasteiger partial charge in [0.05, 0.1) is 6.10 Å². The van der Waals surface area contributed by atoms with Gasteiger partial charge in [-0.1, -0.05) is 25.5 Å². The molecule has 10 heavy (non-hydrogen) atoms. The van der Waals surface area contributed by atoms with Crippen LogP contribution in [-0.2, 0) is 0 Å². The van der Waals surface area contributed by atoms with Crippen LogP contribution in [0.25, 0.3) is 0 Å². The van der Waals surface area contributed by atoms with Crippen LogP contribution >= 0.6 is 0 Å². The summed E-state index contributed by atoms with van der Waals surface area (Å²) < 4.78 is 0. The molecule has 0 unspecified atom stereocenters. The van der Waals surface area contributed by atoms with E-state index >= 15 is 0 Å². The van der Waals surface area contributed by atoms with Crippen molar-refractivity contribution in [3.63, 3.8) is 0 Å². The molecule has 4 atom stereocenters. The Kier molecular flexibility index (Phi) is 1.34. The maximum absolute atomic E-state index is 9.53. The maximum Gasteiger partial charge on any atom is 0.0580 e. The van der Waals surface area contributed by atoms with Crippen LogP contribution in [-0.4, -0.2) is 11.2 Å². The van der Waals surface area contributed by atoms with Crippen LogP contribution in [0.3, 0.4) is 0 Å². The van der Waals surface area contributed by atoms with Crippen LogP contribution in [0.5, 0.6) is 0 Å². The Morgan fingerprint density at radius 1 is 1.50 bits per heavy atom. The molecule has 1 nitrogen and oxygen atoms in total. The van der Waals surface area contributed by atoms with Gasteiger partial charge in [0.1, 0.15) is 0 Å². The first kappa shape index (κ1) is 6.41. The Bertz CT molecular complexity index is 162. The fourth-order valence-corrected chi connectivity index (χ4v) is 2.35. The molecule has 0 radical (unpaired) electrons. The number of aliphatic hydroxyl groups is 1. The van der Waals surface area contributed by atoms with Crippen LogP contribution in [0.15, 0.2) is 12.2 Å². The molecule has 0 spiro atoms. The third kappa shape index (κ3) is 0.671. The van der Waals surface area contributed by atoms with E-state index in [2.05, 4.69) is 19.1 Å². The second-order valence-electron chi connectivity index (χ2n) is 3.50. The van der Waals surface area contributed by atoms with Gasteiger partial charge in [0.25, 0.3) is 0 Å². The molecular weight excluding hydrogens is 124 g/mol. The highest BCUT2D eigenvalue weighted by Crippen LogP contribution is 2.46. The standard InChI is InChI=1S/C9H14O/c1-2-7-8-4-3-6(8)5-9(7)10/h3-4,6-10H,2,5H2,1H3/t6-,7+,8-,9-/m0/s1. The van der Waals surface area contributed by atoms with Gasteiger partial charge in [0.2, 0.25) is 0 Å². The highest BCUT2D eigenvalue weighted by Gasteiger charge is 2.42. The zero-order chi connectivity index (χ0) is 7.14. The van der Waals surface area contributed by atoms with Crippen molar-refractivity contribution in [3.8, 4) is 0 Å². The molecule has 0 heterocycles. The summed E-state index contributed by atoms with van der Waals surface area (Å²) in [5.41, 5.74) is 0. The summed E-state index contributed by atoms with van der Waals surface area (Å²) in [5, 5.41) is 9.53. The zero-order valence-corrected chi connectivity index (χ0v) is 6.33. The predicted octanol–water partition coefficient (Wildman–Crippen LogP) is 1.58. The summed E-state index contributed by atoms with van der Waals surface area (Å²) in [6, 6.07) is 0. The van der Waals surface area contributed by atoms with E-state index in [4.69, 9.17) is 0 Å². The summed E-state index contributed by atoms with van der Waals surface area (Å²) in [4.78, 5) is 0. The molecule has 56 valence electrons. The molecule has 0 aromatic heterocycles. The van der Waals surface area contributed by atoms with Crippen molar-refractivity contribution >= 4 is 0 Å². The second kappa shape index (κ2) is 2.09. The average Bonchev–Trinajstić information content (AvgIpc) is 2.09. The lowest BCUT2D eigenvalue weighted by Gasteiger charge is -2.25. The molecule has 1 fully saturated rings. The monoisotopic (exact) mass is 138 g/mol. The minimum absolute atomic E-state index is 0.0185. The van der Waals surface area contributed by atoms with E-state index in [9.17, 15) is 5.11 Å². The summed E-state index contributed by atoms with van der Waals surface area (Å²) in [5.74, 6) is 2.01. The Balaban J connectivity index is 2.10. The number of rotatable bonds is 1. The van der Waals surface area contributed by atoms with Crippen molar-refractivity contribution in [1.82, 2.24) is 0 Å². The van der Waals surface area contributed by atoms with Gasteiger partial charge in [-0.2, -0.15) is 0 Å². The van der Waals surface area contributed by atoms with Crippen molar-refractivity contribution < 1.29 is 5.11 Å². The fourth-order valence-electron chi connectivity index (χ4n) is 2.35. The number of allylic oxidation sites excluding steroid dienone is 2. The lowest BCUT2D eigenvalue weighted by atomic mass is 9.80. The highest BCUT2D eigenvalue weighted by atomic mass is 16.3. The van der Waals surface area contributed by atoms with Gasteiger partial charge in [0, 0.05) is 0 Å². The van der Waals surface area contributed by atoms with Gasteiger partial charge in [-0.05, 0) is 24.2 Å². The van der Waals surface area contributed by atoms with Crippen LogP contribution in [0.1, 0.15) is 19.8 Å². The number of hydrogen-bond donors (Lipinski definition) is 1. The number of aliphatic hydroxyl groups excluding tert-OH is 1. The van der Waals surface area contributed by atoms with Gasteiger partial charge in [-0.3, -0.25) is 0 Å². The second-order valence-corrected chi connectivity index (χ2v) is 3.50. The van der Waals surface area contributed by atoms with Gasteiger partial charge in [-0.25, -0.2) is 0 Å². The smallest absolute Gasteiger partial charge is 0.0580 e. The molecule has 0 saturated heterocycles. The first-order chi connectivity index (χ1) is 4.83. The minimum Gasteiger partial charge on any atom is -0.393 e. The molecule has 1 saturated carbocycles. The normalized spacial score (nSPS) is 50.6. The molecule has 0 aliphatic heterocycles. The van der Waals surface area contributed by atoms with E-state index in [0.717, 1.165) is 24.7 Å². The van der Waals surface area contributed by atoms with E-state index in [-0.39, 0.29) is 6.10 Å². The molecule has 1 N–H and O–H groups in total. The van der Waals surface area contributed by atoms with Crippen LogP contribution in [0, 0.1) is 17.8 Å². The molecule has 0 aromatic carbocycles. The number of fused-ring (bicyclic) bond motifs is 1. The van der Waals surface area contributed by atoms with Crippen molar-refractivity contribution in [3.05, 3.63) is 12.2 Å². The molecule has 2 aliphatic rings. The molecule has 1 heteroatoms. The topological polar surface area (TPSA) is 20.2 Å². The highest BCUT2D eigenvalue weighted by molar-refractivity contribution is 5.16. The largest absolute Gasteiger partial charge is 0.393 e. The van der Waals surface area contributed by atoms with Gasteiger partial charge >= 0.3 is 0 Å². The Morgan fingerprint density at radius 3 is 2.60 bits per heavy atom. The summed E-state index contributed by atoms with van der Waals surface area (Å²) in [6.45, 7) is 2.17. The molecular formula is C9H14O. The van der Waals surface area contributed by atoms with Crippen LogP contribution < -0.4 is 0 Å². The lowest BCUT2D eigenvalue weighted by Crippen LogP contribution is -2.20. The predicted molar refractivity (Wildman–Crippen MR) is 40.5 cm³/mol. The summed E-state index contributed by atoms with van der Waals surface area (Å²) in [6.07, 6.45) is 6.63. The third-order valence-electron chi connectivity index (χ3n) is 3.05. The van der Waals surface area contributed by atoms with E-state index in [0.29, 0.717) is 5.92 Å². The van der Waals surface area contributed by atoms with Gasteiger partial charge in [-0.15, -0.1) is 0 Å². The SMILES string of the molecule is CC[C@@H]1[C@H]2C=C[C@H]2C[C@@H]1O. The van der Waals surface area contributed by atoms with Crippen LogP contribution in [0.2, 0.25) is 0 Å². The van der Waals surface area contributed by atoms with Gasteiger partial charge < -0.3 is 5.11 Å². The van der Waals surface area contributed by atoms with Crippen molar-refractivity contribution in [1.29, 1.82) is 0 Å². The molecule has 2 aliphatic carbocycles. The first-order valence-electron chi connectivity index (χ1n) is 4.19. The average molecular weight is 138 g/mol. The van der Waals surface area contributed by atoms with E-state index in [1.807, 2.05) is 0 Å². The van der Waals surface area contributed by atoms with E-state index in [1.54, 1.807) is 0 Å². The molecule has 2 rings (SSSR count).